The number of piperidine rings is 2. The van der Waals surface area contributed by atoms with Crippen LogP contribution in [0, 0.1) is 11.8 Å². The molecule has 1 saturated carbocycles. The first-order valence-electron chi connectivity index (χ1n) is 8.54. The minimum absolute atomic E-state index is 0.00922. The third-order valence-electron chi connectivity index (χ3n) is 4.97. The smallest absolute Gasteiger partial charge is 0.239 e. The second-order valence-corrected chi connectivity index (χ2v) is 6.81. The average molecular weight is 293 g/mol. The van der Waals surface area contributed by atoms with Crippen molar-refractivity contribution in [3.63, 3.8) is 0 Å². The van der Waals surface area contributed by atoms with Gasteiger partial charge in [-0.2, -0.15) is 0 Å². The fraction of sp³-hybridized carbons (Fsp3) is 0.875. The van der Waals surface area contributed by atoms with Crippen LogP contribution in [0.25, 0.3) is 0 Å². The van der Waals surface area contributed by atoms with Crippen LogP contribution in [0.5, 0.6) is 0 Å². The summed E-state index contributed by atoms with van der Waals surface area (Å²) in [6, 6.07) is -0.0213. The van der Waals surface area contributed by atoms with Gasteiger partial charge < -0.3 is 15.5 Å². The Morgan fingerprint density at radius 2 is 1.95 bits per heavy atom. The molecular weight excluding hydrogens is 266 g/mol. The van der Waals surface area contributed by atoms with Gasteiger partial charge in [-0.1, -0.05) is 6.42 Å². The SMILES string of the molecule is O=C(NCC1CC1)C1CCCN(C(=O)C2CCCCN2)C1. The Bertz CT molecular complexity index is 389. The van der Waals surface area contributed by atoms with E-state index in [9.17, 15) is 9.59 Å². The van der Waals surface area contributed by atoms with Gasteiger partial charge in [0.2, 0.25) is 11.8 Å². The van der Waals surface area contributed by atoms with E-state index in [-0.39, 0.29) is 23.8 Å². The van der Waals surface area contributed by atoms with E-state index in [0.717, 1.165) is 51.7 Å². The fourth-order valence-electron chi connectivity index (χ4n) is 3.39. The van der Waals surface area contributed by atoms with Gasteiger partial charge in [0.1, 0.15) is 0 Å². The summed E-state index contributed by atoms with van der Waals surface area (Å²) in [7, 11) is 0. The summed E-state index contributed by atoms with van der Waals surface area (Å²) >= 11 is 0. The van der Waals surface area contributed by atoms with Crippen LogP contribution in [0.3, 0.4) is 0 Å². The lowest BCUT2D eigenvalue weighted by Gasteiger charge is -2.35. The van der Waals surface area contributed by atoms with Gasteiger partial charge in [0.25, 0.3) is 0 Å². The van der Waals surface area contributed by atoms with E-state index in [4.69, 9.17) is 0 Å². The van der Waals surface area contributed by atoms with Crippen molar-refractivity contribution in [3.8, 4) is 0 Å². The lowest BCUT2D eigenvalue weighted by Crippen LogP contribution is -2.53. The molecule has 2 N–H and O–H groups in total. The van der Waals surface area contributed by atoms with Gasteiger partial charge in [0.15, 0.2) is 0 Å². The third-order valence-corrected chi connectivity index (χ3v) is 4.97. The van der Waals surface area contributed by atoms with Crippen molar-refractivity contribution in [3.05, 3.63) is 0 Å². The number of nitrogens with one attached hydrogen (secondary N) is 2. The number of nitrogens with zero attached hydrogens (tertiary/aromatic N) is 1. The summed E-state index contributed by atoms with van der Waals surface area (Å²) in [4.78, 5) is 26.6. The first kappa shape index (κ1) is 14.8. The number of carbonyl (C=O) groups excluding carboxylic acids is 2. The number of hydrogen-bond acceptors (Lipinski definition) is 3. The number of rotatable bonds is 4. The quantitative estimate of drug-likeness (QED) is 0.809. The molecule has 0 aromatic rings. The highest BCUT2D eigenvalue weighted by Crippen LogP contribution is 2.28. The molecule has 2 amide bonds. The Morgan fingerprint density at radius 1 is 1.10 bits per heavy atom. The summed E-state index contributed by atoms with van der Waals surface area (Å²) in [6.07, 6.45) is 7.59. The molecule has 2 heterocycles. The van der Waals surface area contributed by atoms with Crippen molar-refractivity contribution in [1.82, 2.24) is 15.5 Å². The highest BCUT2D eigenvalue weighted by atomic mass is 16.2. The molecule has 3 fully saturated rings. The van der Waals surface area contributed by atoms with E-state index in [1.807, 2.05) is 4.90 Å². The molecule has 3 aliphatic rings. The van der Waals surface area contributed by atoms with Gasteiger partial charge in [-0.05, 0) is 51.0 Å². The summed E-state index contributed by atoms with van der Waals surface area (Å²) < 4.78 is 0. The fourth-order valence-corrected chi connectivity index (χ4v) is 3.39. The maximum absolute atomic E-state index is 12.5. The van der Waals surface area contributed by atoms with Crippen LogP contribution < -0.4 is 10.6 Å². The second kappa shape index (κ2) is 6.77. The number of carbonyl (C=O) groups is 2. The van der Waals surface area contributed by atoms with E-state index < -0.39 is 0 Å². The number of likely N-dealkylation sites (tertiary alicyclic amines) is 1. The molecule has 2 aliphatic heterocycles. The molecule has 2 atom stereocenters. The van der Waals surface area contributed by atoms with Crippen LogP contribution in [0.15, 0.2) is 0 Å². The highest BCUT2D eigenvalue weighted by molar-refractivity contribution is 5.84. The van der Waals surface area contributed by atoms with Crippen molar-refractivity contribution < 1.29 is 9.59 Å². The zero-order chi connectivity index (χ0) is 14.7. The molecule has 0 aromatic heterocycles. The number of hydrogen-bond donors (Lipinski definition) is 2. The zero-order valence-corrected chi connectivity index (χ0v) is 12.8. The molecule has 0 aromatic carbocycles. The Kier molecular flexibility index (Phi) is 4.78. The van der Waals surface area contributed by atoms with Crippen LogP contribution >= 0.6 is 0 Å². The Labute approximate surface area is 126 Å². The molecule has 118 valence electrons. The largest absolute Gasteiger partial charge is 0.356 e. The van der Waals surface area contributed by atoms with Crippen LogP contribution in [0.2, 0.25) is 0 Å². The maximum Gasteiger partial charge on any atom is 0.239 e. The Hall–Kier alpha value is -1.10. The van der Waals surface area contributed by atoms with Gasteiger partial charge in [-0.15, -0.1) is 0 Å². The summed E-state index contributed by atoms with van der Waals surface area (Å²) in [5.41, 5.74) is 0. The molecule has 0 spiro atoms. The molecule has 3 rings (SSSR count). The standard InChI is InChI=1S/C16H27N3O2/c20-15(18-10-12-6-7-12)13-4-3-9-19(11-13)16(21)14-5-1-2-8-17-14/h12-14,17H,1-11H2,(H,18,20). The summed E-state index contributed by atoms with van der Waals surface area (Å²) in [6.45, 7) is 3.18. The predicted octanol–water partition coefficient (Wildman–Crippen LogP) is 0.893. The first-order valence-corrected chi connectivity index (χ1v) is 8.54. The highest BCUT2D eigenvalue weighted by Gasteiger charge is 2.32. The van der Waals surface area contributed by atoms with E-state index in [2.05, 4.69) is 10.6 Å². The van der Waals surface area contributed by atoms with Crippen molar-refractivity contribution in [2.24, 2.45) is 11.8 Å². The third kappa shape index (κ3) is 3.96. The lowest BCUT2D eigenvalue weighted by atomic mass is 9.95. The summed E-state index contributed by atoms with van der Waals surface area (Å²) in [5, 5.41) is 6.38. The average Bonchev–Trinajstić information content (AvgIpc) is 3.37. The lowest BCUT2D eigenvalue weighted by molar-refractivity contribution is -0.138. The van der Waals surface area contributed by atoms with Crippen molar-refractivity contribution in [2.45, 2.75) is 51.0 Å². The Balaban J connectivity index is 1.49. The molecular formula is C16H27N3O2. The second-order valence-electron chi connectivity index (χ2n) is 6.81. The first-order chi connectivity index (χ1) is 10.2. The number of amides is 2. The molecule has 21 heavy (non-hydrogen) atoms. The van der Waals surface area contributed by atoms with E-state index in [1.54, 1.807) is 0 Å². The molecule has 5 nitrogen and oxygen atoms in total. The van der Waals surface area contributed by atoms with Crippen LogP contribution in [0.1, 0.15) is 44.9 Å². The normalized spacial score (nSPS) is 30.0. The minimum Gasteiger partial charge on any atom is -0.356 e. The van der Waals surface area contributed by atoms with Gasteiger partial charge >= 0.3 is 0 Å². The Morgan fingerprint density at radius 3 is 2.67 bits per heavy atom. The van der Waals surface area contributed by atoms with Gasteiger partial charge in [-0.25, -0.2) is 0 Å². The van der Waals surface area contributed by atoms with Crippen LogP contribution in [-0.2, 0) is 9.59 Å². The molecule has 0 radical (unpaired) electrons. The predicted molar refractivity (Wildman–Crippen MR) is 80.7 cm³/mol. The van der Waals surface area contributed by atoms with Gasteiger partial charge in [0, 0.05) is 19.6 Å². The van der Waals surface area contributed by atoms with Gasteiger partial charge in [-0.3, -0.25) is 9.59 Å². The van der Waals surface area contributed by atoms with Crippen LogP contribution in [0.4, 0.5) is 0 Å². The topological polar surface area (TPSA) is 61.4 Å². The van der Waals surface area contributed by atoms with E-state index in [0.29, 0.717) is 12.5 Å². The van der Waals surface area contributed by atoms with Crippen molar-refractivity contribution >= 4 is 11.8 Å². The van der Waals surface area contributed by atoms with Gasteiger partial charge in [0.05, 0.1) is 12.0 Å². The zero-order valence-electron chi connectivity index (χ0n) is 12.8. The van der Waals surface area contributed by atoms with E-state index in [1.165, 1.54) is 12.8 Å². The molecule has 1 aliphatic carbocycles. The molecule has 5 heteroatoms. The molecule has 0 bridgehead atoms. The monoisotopic (exact) mass is 293 g/mol. The molecule has 2 saturated heterocycles. The van der Waals surface area contributed by atoms with Crippen molar-refractivity contribution in [1.29, 1.82) is 0 Å². The van der Waals surface area contributed by atoms with Crippen LogP contribution in [-0.4, -0.2) is 48.9 Å². The summed E-state index contributed by atoms with van der Waals surface area (Å²) in [5.74, 6) is 1.05. The maximum atomic E-state index is 12.5. The van der Waals surface area contributed by atoms with E-state index >= 15 is 0 Å². The minimum atomic E-state index is -0.0213. The van der Waals surface area contributed by atoms with Crippen molar-refractivity contribution in [2.75, 3.05) is 26.2 Å². The molecule has 2 unspecified atom stereocenters.